The van der Waals surface area contributed by atoms with Gasteiger partial charge in [-0.1, -0.05) is 41.9 Å². The van der Waals surface area contributed by atoms with E-state index >= 15 is 0 Å². The highest BCUT2D eigenvalue weighted by Crippen LogP contribution is 2.41. The van der Waals surface area contributed by atoms with Gasteiger partial charge in [-0.2, -0.15) is 15.0 Å². The van der Waals surface area contributed by atoms with Crippen LogP contribution in [-0.2, 0) is 22.5 Å². The number of hydrogen-bond acceptors (Lipinski definition) is 7. The van der Waals surface area contributed by atoms with Crippen molar-refractivity contribution in [3.8, 4) is 5.88 Å². The molecule has 0 N–H and O–H groups in total. The third-order valence-electron chi connectivity index (χ3n) is 5.66. The first-order valence-corrected chi connectivity index (χ1v) is 11.9. The van der Waals surface area contributed by atoms with Gasteiger partial charge < -0.3 is 18.9 Å². The van der Waals surface area contributed by atoms with Crippen LogP contribution in [0.5, 0.6) is 5.88 Å². The molecule has 162 valence electrons. The minimum Gasteiger partial charge on any atom is -0.609 e. The molecule has 3 heterocycles. The first-order chi connectivity index (χ1) is 15.0. The zero-order valence-electron chi connectivity index (χ0n) is 16.8. The monoisotopic (exact) mass is 462 g/mol. The third kappa shape index (κ3) is 3.80. The summed E-state index contributed by atoms with van der Waals surface area (Å²) in [5, 5.41) is 0.0612. The average molecular weight is 463 g/mol. The number of pyridine rings is 1. The maximum Gasteiger partial charge on any atom is 0.345 e. The lowest BCUT2D eigenvalue weighted by Gasteiger charge is -2.44. The number of ether oxygens (including phenoxy) is 2. The van der Waals surface area contributed by atoms with Crippen LogP contribution in [0.4, 0.5) is 10.2 Å². The molecule has 5 rings (SSSR count). The zero-order valence-corrected chi connectivity index (χ0v) is 18.3. The number of hydrogen-bond donors (Lipinski definition) is 0. The lowest BCUT2D eigenvalue weighted by atomic mass is 9.87. The van der Waals surface area contributed by atoms with Gasteiger partial charge in [-0.3, -0.25) is 0 Å². The maximum absolute atomic E-state index is 14.8. The average Bonchev–Trinajstić information content (AvgIpc) is 2.92. The van der Waals surface area contributed by atoms with E-state index in [1.54, 1.807) is 0 Å². The van der Waals surface area contributed by atoms with Gasteiger partial charge in [0.25, 0.3) is 0 Å². The van der Waals surface area contributed by atoms with Gasteiger partial charge in [0.2, 0.25) is 5.88 Å². The summed E-state index contributed by atoms with van der Waals surface area (Å²) in [7, 11) is 0. The highest BCUT2D eigenvalue weighted by atomic mass is 35.5. The molecular weight excluding hydrogens is 443 g/mol. The molecule has 10 heteroatoms. The van der Waals surface area contributed by atoms with E-state index in [9.17, 15) is 8.94 Å². The number of benzene rings is 1. The Labute approximate surface area is 186 Å². The molecule has 1 aliphatic heterocycles. The van der Waals surface area contributed by atoms with Crippen LogP contribution in [-0.4, -0.2) is 51.1 Å². The van der Waals surface area contributed by atoms with Gasteiger partial charge in [-0.15, -0.1) is 0 Å². The van der Waals surface area contributed by atoms with Gasteiger partial charge in [0.1, 0.15) is 23.8 Å². The molecule has 0 radical (unpaired) electrons. The molecule has 0 saturated heterocycles. The Morgan fingerprint density at radius 3 is 2.77 bits per heavy atom. The van der Waals surface area contributed by atoms with E-state index in [0.717, 1.165) is 18.4 Å². The Bertz CT molecular complexity index is 1120. The smallest absolute Gasteiger partial charge is 0.345 e. The van der Waals surface area contributed by atoms with E-state index in [-0.39, 0.29) is 33.9 Å². The number of aromatic nitrogens is 3. The lowest BCUT2D eigenvalue weighted by molar-refractivity contribution is -0.0275. The van der Waals surface area contributed by atoms with Crippen LogP contribution in [0.3, 0.4) is 0 Å². The Morgan fingerprint density at radius 2 is 2.06 bits per heavy atom. The van der Waals surface area contributed by atoms with E-state index in [2.05, 4.69) is 15.0 Å². The van der Waals surface area contributed by atoms with Crippen LogP contribution in [0.1, 0.15) is 18.4 Å². The first kappa shape index (κ1) is 20.7. The van der Waals surface area contributed by atoms with Gasteiger partial charge >= 0.3 is 5.16 Å². The molecule has 3 atom stereocenters. The van der Waals surface area contributed by atoms with Gasteiger partial charge in [0, 0.05) is 11.2 Å². The second kappa shape index (κ2) is 8.38. The summed E-state index contributed by atoms with van der Waals surface area (Å²) >= 11 is 4.46. The van der Waals surface area contributed by atoms with Crippen LogP contribution in [0.25, 0.3) is 10.9 Å². The fourth-order valence-corrected chi connectivity index (χ4v) is 4.57. The van der Waals surface area contributed by atoms with Crippen molar-refractivity contribution >= 4 is 39.5 Å². The normalized spacial score (nSPS) is 21.4. The highest BCUT2D eigenvalue weighted by molar-refractivity contribution is 7.90. The predicted molar refractivity (Wildman–Crippen MR) is 116 cm³/mol. The molecule has 1 aromatic carbocycles. The van der Waals surface area contributed by atoms with Crippen LogP contribution in [0.2, 0.25) is 5.15 Å². The van der Waals surface area contributed by atoms with Crippen molar-refractivity contribution in [1.82, 2.24) is 15.0 Å². The lowest BCUT2D eigenvalue weighted by Crippen LogP contribution is -2.53. The maximum atomic E-state index is 14.8. The highest BCUT2D eigenvalue weighted by Gasteiger charge is 2.40. The molecule has 31 heavy (non-hydrogen) atoms. The van der Waals surface area contributed by atoms with E-state index in [0.29, 0.717) is 31.0 Å². The van der Waals surface area contributed by atoms with Crippen molar-refractivity contribution < 1.29 is 18.4 Å². The molecule has 7 nitrogen and oxygen atoms in total. The van der Waals surface area contributed by atoms with Crippen LogP contribution in [0, 0.1) is 5.82 Å². The fourth-order valence-electron chi connectivity index (χ4n) is 3.97. The first-order valence-electron chi connectivity index (χ1n) is 9.98. The molecular formula is C21H20ClFN4O3S. The summed E-state index contributed by atoms with van der Waals surface area (Å²) in [5.74, 6) is -0.121. The zero-order chi connectivity index (χ0) is 21.5. The topological polar surface area (TPSA) is 83.4 Å². The molecule has 0 bridgehead atoms. The Balaban J connectivity index is 1.52. The fraction of sp³-hybridized carbons (Fsp3) is 0.381. The van der Waals surface area contributed by atoms with Gasteiger partial charge in [0.15, 0.2) is 16.8 Å². The van der Waals surface area contributed by atoms with Gasteiger partial charge in [-0.05, 0) is 18.4 Å². The van der Waals surface area contributed by atoms with Crippen molar-refractivity contribution in [2.45, 2.75) is 36.8 Å². The van der Waals surface area contributed by atoms with Crippen molar-refractivity contribution in [2.75, 3.05) is 24.3 Å². The van der Waals surface area contributed by atoms with Crippen molar-refractivity contribution in [2.24, 2.45) is 0 Å². The van der Waals surface area contributed by atoms with Crippen LogP contribution < -0.4 is 9.64 Å². The van der Waals surface area contributed by atoms with E-state index in [1.807, 2.05) is 35.2 Å². The molecule has 0 spiro atoms. The van der Waals surface area contributed by atoms with Gasteiger partial charge in [-0.25, -0.2) is 4.39 Å². The minimum absolute atomic E-state index is 0.00699. The predicted octanol–water partition coefficient (Wildman–Crippen LogP) is 3.50. The second-order valence-electron chi connectivity index (χ2n) is 7.55. The van der Waals surface area contributed by atoms with Gasteiger partial charge in [0.05, 0.1) is 25.3 Å². The number of halogens is 2. The minimum atomic E-state index is -1.50. The molecule has 3 unspecified atom stereocenters. The molecule has 1 aliphatic carbocycles. The SMILES string of the molecule is C[S+]([O-])c1nc2c3c(nc(Cl)c(F)c3n1)OCCN2C1CCC1OCc1ccccc1. The molecule has 1 saturated carbocycles. The summed E-state index contributed by atoms with van der Waals surface area (Å²) in [5.41, 5.74) is 1.07. The summed E-state index contributed by atoms with van der Waals surface area (Å²) in [6.07, 6.45) is 3.26. The van der Waals surface area contributed by atoms with E-state index in [4.69, 9.17) is 21.1 Å². The molecule has 2 aromatic heterocycles. The quantitative estimate of drug-likeness (QED) is 0.326. The molecule has 1 fully saturated rings. The van der Waals surface area contributed by atoms with Crippen molar-refractivity contribution in [3.05, 3.63) is 46.9 Å². The standard InChI is InChI=1S/C21H20ClFN4O3S/c1-31(28)21-24-17-15-19(26-21)27(9-10-29-20(15)25-18(22)16(17)23)13-7-8-14(13)30-11-12-5-3-2-4-6-12/h2-6,13-14H,7-11H2,1H3. The number of rotatable bonds is 5. The molecule has 3 aromatic rings. The van der Waals surface area contributed by atoms with Crippen LogP contribution >= 0.6 is 11.6 Å². The Hall–Kier alpha value is -2.20. The van der Waals surface area contributed by atoms with Crippen LogP contribution in [0.15, 0.2) is 35.5 Å². The van der Waals surface area contributed by atoms with Crippen molar-refractivity contribution in [1.29, 1.82) is 0 Å². The second-order valence-corrected chi connectivity index (χ2v) is 9.18. The van der Waals surface area contributed by atoms with Crippen molar-refractivity contribution in [3.63, 3.8) is 0 Å². The molecule has 0 amide bonds. The number of nitrogens with zero attached hydrogens (tertiary/aromatic N) is 4. The summed E-state index contributed by atoms with van der Waals surface area (Å²) in [4.78, 5) is 14.8. The third-order valence-corrected chi connectivity index (χ3v) is 6.60. The number of anilines is 1. The Kier molecular flexibility index (Phi) is 5.60. The van der Waals surface area contributed by atoms with E-state index in [1.165, 1.54) is 6.26 Å². The summed E-state index contributed by atoms with van der Waals surface area (Å²) in [6, 6.07) is 10.0. The summed E-state index contributed by atoms with van der Waals surface area (Å²) in [6.45, 7) is 1.35. The Morgan fingerprint density at radius 1 is 1.26 bits per heavy atom. The molecule has 2 aliphatic rings. The summed E-state index contributed by atoms with van der Waals surface area (Å²) < 4.78 is 38.9. The largest absolute Gasteiger partial charge is 0.609 e. The van der Waals surface area contributed by atoms with E-state index < -0.39 is 17.0 Å².